The SMILES string of the molecule is N#Cc1cc(CSCCC(NC=O)C(=O)O)ccc1F. The minimum atomic E-state index is -1.08. The average Bonchev–Trinajstić information content (AvgIpc) is 2.43. The number of carboxylic acid groups (broad SMARTS) is 1. The first-order valence-electron chi connectivity index (χ1n) is 5.77. The number of thioether (sulfide) groups is 1. The summed E-state index contributed by atoms with van der Waals surface area (Å²) in [6.07, 6.45) is 0.660. The number of nitriles is 1. The van der Waals surface area contributed by atoms with Crippen molar-refractivity contribution in [2.75, 3.05) is 5.75 Å². The summed E-state index contributed by atoms with van der Waals surface area (Å²) < 4.78 is 13.1. The number of hydrogen-bond donors (Lipinski definition) is 2. The van der Waals surface area contributed by atoms with E-state index in [9.17, 15) is 14.0 Å². The van der Waals surface area contributed by atoms with Gasteiger partial charge in [-0.3, -0.25) is 4.79 Å². The Balaban J connectivity index is 2.43. The molecule has 106 valence electrons. The Morgan fingerprint density at radius 3 is 2.95 bits per heavy atom. The Kier molecular flexibility index (Phi) is 6.53. The lowest BCUT2D eigenvalue weighted by Crippen LogP contribution is -2.36. The molecule has 20 heavy (non-hydrogen) atoms. The number of hydrogen-bond acceptors (Lipinski definition) is 4. The lowest BCUT2D eigenvalue weighted by molar-refractivity contribution is -0.140. The van der Waals surface area contributed by atoms with Crippen LogP contribution in [0.15, 0.2) is 18.2 Å². The van der Waals surface area contributed by atoms with Gasteiger partial charge in [0, 0.05) is 5.75 Å². The van der Waals surface area contributed by atoms with E-state index in [4.69, 9.17) is 10.4 Å². The van der Waals surface area contributed by atoms with Gasteiger partial charge < -0.3 is 10.4 Å². The van der Waals surface area contributed by atoms with Crippen molar-refractivity contribution in [3.8, 4) is 6.07 Å². The summed E-state index contributed by atoms with van der Waals surface area (Å²) in [5.74, 6) is -0.562. The number of rotatable bonds is 8. The molecule has 1 atom stereocenters. The number of aliphatic carboxylic acids is 1. The third-order valence-electron chi connectivity index (χ3n) is 2.54. The lowest BCUT2D eigenvalue weighted by Gasteiger charge is -2.10. The van der Waals surface area contributed by atoms with E-state index in [1.165, 1.54) is 23.9 Å². The third-order valence-corrected chi connectivity index (χ3v) is 3.60. The fourth-order valence-electron chi connectivity index (χ4n) is 1.50. The number of carbonyl (C=O) groups is 2. The molecule has 5 nitrogen and oxygen atoms in total. The molecular weight excluding hydrogens is 283 g/mol. The molecule has 0 heterocycles. The molecule has 0 bridgehead atoms. The first kappa shape index (κ1) is 16.0. The van der Waals surface area contributed by atoms with Gasteiger partial charge in [-0.25, -0.2) is 9.18 Å². The lowest BCUT2D eigenvalue weighted by atomic mass is 10.1. The summed E-state index contributed by atoms with van der Waals surface area (Å²) in [5.41, 5.74) is 0.789. The Labute approximate surface area is 119 Å². The van der Waals surface area contributed by atoms with Crippen molar-refractivity contribution in [3.63, 3.8) is 0 Å². The van der Waals surface area contributed by atoms with Crippen LogP contribution in [0.5, 0.6) is 0 Å². The van der Waals surface area contributed by atoms with Gasteiger partial charge in [0.1, 0.15) is 17.9 Å². The molecule has 1 rings (SSSR count). The van der Waals surface area contributed by atoms with Crippen LogP contribution in [0, 0.1) is 17.1 Å². The van der Waals surface area contributed by atoms with E-state index in [0.29, 0.717) is 24.3 Å². The highest BCUT2D eigenvalue weighted by Gasteiger charge is 2.15. The van der Waals surface area contributed by atoms with Crippen molar-refractivity contribution in [2.24, 2.45) is 0 Å². The highest BCUT2D eigenvalue weighted by molar-refractivity contribution is 7.98. The number of nitrogens with one attached hydrogen (secondary N) is 1. The minimum Gasteiger partial charge on any atom is -0.480 e. The highest BCUT2D eigenvalue weighted by Crippen LogP contribution is 2.17. The monoisotopic (exact) mass is 296 g/mol. The molecule has 0 radical (unpaired) electrons. The van der Waals surface area contributed by atoms with Crippen molar-refractivity contribution >= 4 is 24.1 Å². The molecule has 2 N–H and O–H groups in total. The Morgan fingerprint density at radius 1 is 1.60 bits per heavy atom. The zero-order chi connectivity index (χ0) is 15.0. The molecule has 0 fully saturated rings. The van der Waals surface area contributed by atoms with Gasteiger partial charge in [-0.05, 0) is 29.9 Å². The van der Waals surface area contributed by atoms with E-state index >= 15 is 0 Å². The zero-order valence-corrected chi connectivity index (χ0v) is 11.3. The second-order valence-corrected chi connectivity index (χ2v) is 5.05. The number of nitrogens with zero attached hydrogens (tertiary/aromatic N) is 1. The highest BCUT2D eigenvalue weighted by atomic mass is 32.2. The normalized spacial score (nSPS) is 11.4. The molecule has 1 aromatic rings. The third kappa shape index (κ3) is 4.90. The van der Waals surface area contributed by atoms with Crippen LogP contribution in [0.4, 0.5) is 4.39 Å². The van der Waals surface area contributed by atoms with E-state index < -0.39 is 17.8 Å². The van der Waals surface area contributed by atoms with Crippen LogP contribution in [0.3, 0.4) is 0 Å². The molecule has 1 unspecified atom stereocenters. The molecule has 1 amide bonds. The van der Waals surface area contributed by atoms with Gasteiger partial charge in [0.2, 0.25) is 6.41 Å². The molecule has 0 saturated carbocycles. The molecule has 0 aliphatic rings. The van der Waals surface area contributed by atoms with E-state index in [0.717, 1.165) is 5.56 Å². The maximum absolute atomic E-state index is 13.1. The Hall–Kier alpha value is -2.07. The summed E-state index contributed by atoms with van der Waals surface area (Å²) in [7, 11) is 0. The fraction of sp³-hybridized carbons (Fsp3) is 0.308. The van der Waals surface area contributed by atoms with Gasteiger partial charge in [-0.15, -0.1) is 0 Å². The minimum absolute atomic E-state index is 0.00543. The topological polar surface area (TPSA) is 90.2 Å². The predicted molar refractivity (Wildman–Crippen MR) is 72.5 cm³/mol. The molecule has 7 heteroatoms. The van der Waals surface area contributed by atoms with Crippen LogP contribution < -0.4 is 5.32 Å². The predicted octanol–water partition coefficient (Wildman–Crippen LogP) is 1.52. The van der Waals surface area contributed by atoms with Crippen LogP contribution >= 0.6 is 11.8 Å². The average molecular weight is 296 g/mol. The second kappa shape index (κ2) is 8.17. The molecule has 1 aromatic carbocycles. The summed E-state index contributed by atoms with van der Waals surface area (Å²) in [5, 5.41) is 19.7. The van der Waals surface area contributed by atoms with E-state index in [1.807, 2.05) is 0 Å². The van der Waals surface area contributed by atoms with Crippen LogP contribution in [-0.2, 0) is 15.3 Å². The second-order valence-electron chi connectivity index (χ2n) is 3.94. The fourth-order valence-corrected chi connectivity index (χ4v) is 2.46. The Bertz CT molecular complexity index is 531. The molecule has 0 spiro atoms. The summed E-state index contributed by atoms with van der Waals surface area (Å²) >= 11 is 1.45. The number of carbonyl (C=O) groups excluding carboxylic acids is 1. The molecule has 0 aromatic heterocycles. The van der Waals surface area contributed by atoms with Crippen molar-refractivity contribution in [1.82, 2.24) is 5.32 Å². The van der Waals surface area contributed by atoms with Crippen LogP contribution in [0.25, 0.3) is 0 Å². The Morgan fingerprint density at radius 2 is 2.35 bits per heavy atom. The van der Waals surface area contributed by atoms with E-state index in [1.54, 1.807) is 12.1 Å². The molecular formula is C13H13FN2O3S. The molecule has 0 saturated heterocycles. The van der Waals surface area contributed by atoms with Gasteiger partial charge in [0.05, 0.1) is 5.56 Å². The quantitative estimate of drug-likeness (QED) is 0.560. The van der Waals surface area contributed by atoms with Gasteiger partial charge >= 0.3 is 5.97 Å². The standard InChI is InChI=1S/C13H13FN2O3S/c14-11-2-1-9(5-10(11)6-15)7-20-4-3-12(13(18)19)16-8-17/h1-2,5,8,12H,3-4,7H2,(H,16,17)(H,18,19). The molecule has 0 aliphatic carbocycles. The smallest absolute Gasteiger partial charge is 0.326 e. The first-order chi connectivity index (χ1) is 9.58. The summed E-state index contributed by atoms with van der Waals surface area (Å²) in [4.78, 5) is 21.0. The van der Waals surface area contributed by atoms with E-state index in [2.05, 4.69) is 5.32 Å². The number of halogens is 1. The summed E-state index contributed by atoms with van der Waals surface area (Å²) in [6.45, 7) is 0. The summed E-state index contributed by atoms with van der Waals surface area (Å²) in [6, 6.07) is 5.16. The van der Waals surface area contributed by atoms with Gasteiger partial charge in [0.15, 0.2) is 0 Å². The number of carboxylic acids is 1. The van der Waals surface area contributed by atoms with Crippen molar-refractivity contribution in [1.29, 1.82) is 5.26 Å². The van der Waals surface area contributed by atoms with Crippen LogP contribution in [-0.4, -0.2) is 29.3 Å². The van der Waals surface area contributed by atoms with Crippen LogP contribution in [0.1, 0.15) is 17.5 Å². The number of benzene rings is 1. The maximum Gasteiger partial charge on any atom is 0.326 e. The largest absolute Gasteiger partial charge is 0.480 e. The van der Waals surface area contributed by atoms with E-state index in [-0.39, 0.29) is 5.56 Å². The van der Waals surface area contributed by atoms with Crippen LogP contribution in [0.2, 0.25) is 0 Å². The maximum atomic E-state index is 13.1. The zero-order valence-electron chi connectivity index (χ0n) is 10.5. The van der Waals surface area contributed by atoms with Crippen molar-refractivity contribution in [2.45, 2.75) is 18.2 Å². The number of amides is 1. The van der Waals surface area contributed by atoms with Crippen molar-refractivity contribution < 1.29 is 19.1 Å². The van der Waals surface area contributed by atoms with Gasteiger partial charge in [-0.1, -0.05) is 6.07 Å². The van der Waals surface area contributed by atoms with Crippen molar-refractivity contribution in [3.05, 3.63) is 35.1 Å². The van der Waals surface area contributed by atoms with Gasteiger partial charge in [0.25, 0.3) is 0 Å². The van der Waals surface area contributed by atoms with Gasteiger partial charge in [-0.2, -0.15) is 17.0 Å². The first-order valence-corrected chi connectivity index (χ1v) is 6.92. The molecule has 0 aliphatic heterocycles.